The van der Waals surface area contributed by atoms with Gasteiger partial charge in [-0.05, 0) is 65.4 Å². The monoisotopic (exact) mass is 729 g/mol. The van der Waals surface area contributed by atoms with Crippen LogP contribution in [0, 0.1) is 5.82 Å². The van der Waals surface area contributed by atoms with Crippen LogP contribution in [0.5, 0.6) is 5.75 Å². The van der Waals surface area contributed by atoms with Crippen LogP contribution in [0.1, 0.15) is 47.1 Å². The van der Waals surface area contributed by atoms with Crippen molar-refractivity contribution in [1.29, 1.82) is 0 Å². The van der Waals surface area contributed by atoms with E-state index >= 15 is 4.39 Å². The lowest BCUT2D eigenvalue weighted by Crippen LogP contribution is -2.67. The molecule has 0 saturated carbocycles. The maximum Gasteiger partial charge on any atom is 0.225 e. The van der Waals surface area contributed by atoms with Crippen LogP contribution in [-0.4, -0.2) is 48.8 Å². The Hall–Kier alpha value is -4.12. The molecule has 0 aliphatic carbocycles. The van der Waals surface area contributed by atoms with Gasteiger partial charge >= 0.3 is 0 Å². The summed E-state index contributed by atoms with van der Waals surface area (Å²) in [6, 6.07) is 38.0. The molecule has 5 atom stereocenters. The maximum atomic E-state index is 15.3. The molecule has 9 heteroatoms. The topological polar surface area (TPSA) is 75.6 Å². The van der Waals surface area contributed by atoms with E-state index in [1.807, 2.05) is 91.0 Å². The van der Waals surface area contributed by atoms with Crippen molar-refractivity contribution < 1.29 is 44.8 Å². The maximum absolute atomic E-state index is 15.3. The number of ether oxygens (including phenoxy) is 6. The van der Waals surface area contributed by atoms with Crippen molar-refractivity contribution in [3.63, 3.8) is 0 Å². The van der Waals surface area contributed by atoms with E-state index in [2.05, 4.69) is 0 Å². The van der Waals surface area contributed by atoms with Gasteiger partial charge in [0, 0.05) is 14.7 Å². The number of benzene rings is 5. The van der Waals surface area contributed by atoms with Gasteiger partial charge in [-0.1, -0.05) is 115 Å². The van der Waals surface area contributed by atoms with Gasteiger partial charge in [-0.2, -0.15) is 0 Å². The van der Waals surface area contributed by atoms with E-state index in [1.165, 1.54) is 12.1 Å². The summed E-state index contributed by atoms with van der Waals surface area (Å²) in [6.07, 6.45) is -2.53. The highest BCUT2D eigenvalue weighted by molar-refractivity contribution is 6.31. The standard InChI is InChI=1S/C43H42ClFO7/c1-2-47-38-21-18-33(23-37(38)45)22-34-24-35(19-20-36(34)44)43-41(50-27-32-16-10-5-11-17-32)39(48-25-30-12-6-3-7-13-30)40(42(28-46,52-43)29-51-43)49-26-31-14-8-4-9-15-31/h3-21,23-24,39-41,46H,2,22,25-29H2,1H3/t39-,40-,41+,42+,43?/m0/s1/i1D3,2D2. The first-order chi connectivity index (χ1) is 27.3. The van der Waals surface area contributed by atoms with Crippen molar-refractivity contribution in [3.05, 3.63) is 172 Å². The van der Waals surface area contributed by atoms with Crippen LogP contribution < -0.4 is 4.74 Å². The Kier molecular flexibility index (Phi) is 9.50. The summed E-state index contributed by atoms with van der Waals surface area (Å²) in [5.74, 6) is -3.12. The third-order valence-electron chi connectivity index (χ3n) is 9.47. The van der Waals surface area contributed by atoms with E-state index < -0.39 is 61.3 Å². The molecule has 52 heavy (non-hydrogen) atoms. The summed E-state index contributed by atoms with van der Waals surface area (Å²) in [7, 11) is 0. The van der Waals surface area contributed by atoms with E-state index in [-0.39, 0.29) is 32.8 Å². The normalized spacial score (nSPS) is 25.8. The Labute approximate surface area is 315 Å². The van der Waals surface area contributed by atoms with Gasteiger partial charge in [0.2, 0.25) is 5.79 Å². The highest BCUT2D eigenvalue weighted by Crippen LogP contribution is 2.53. The van der Waals surface area contributed by atoms with Crippen LogP contribution in [0.15, 0.2) is 127 Å². The quantitative estimate of drug-likeness (QED) is 0.117. The summed E-state index contributed by atoms with van der Waals surface area (Å²) in [5.41, 5.74) is 2.88. The molecule has 2 aliphatic rings. The molecule has 2 saturated heterocycles. The highest BCUT2D eigenvalue weighted by atomic mass is 35.5. The molecule has 0 radical (unpaired) electrons. The average molecular weight is 730 g/mol. The van der Waals surface area contributed by atoms with Crippen molar-refractivity contribution in [2.24, 2.45) is 0 Å². The Balaban J connectivity index is 1.26. The number of hydrogen-bond acceptors (Lipinski definition) is 7. The summed E-state index contributed by atoms with van der Waals surface area (Å²) < 4.78 is 91.8. The molecule has 7 nitrogen and oxygen atoms in total. The van der Waals surface area contributed by atoms with E-state index in [4.69, 9.17) is 46.9 Å². The summed E-state index contributed by atoms with van der Waals surface area (Å²) in [6.45, 7) is -6.20. The van der Waals surface area contributed by atoms with Crippen LogP contribution >= 0.6 is 11.6 Å². The second-order valence-corrected chi connectivity index (χ2v) is 13.3. The first kappa shape index (κ1) is 30.4. The molecule has 2 fully saturated rings. The SMILES string of the molecule is [2H]C([2H])([2H])C([2H])([2H])Oc1ccc(Cc2cc(C34OC[C@@](CO)(O3)[C@@H](OCc3ccccc3)[C@H](OCc3ccccc3)[C@H]4OCc3ccccc3)ccc2Cl)cc1F. The molecule has 270 valence electrons. The first-order valence-electron chi connectivity index (χ1n) is 19.5. The van der Waals surface area contributed by atoms with Gasteiger partial charge in [-0.25, -0.2) is 4.39 Å². The summed E-state index contributed by atoms with van der Waals surface area (Å²) in [4.78, 5) is 0. The number of aliphatic hydroxyl groups is 1. The van der Waals surface area contributed by atoms with Crippen LogP contribution in [-0.2, 0) is 55.7 Å². The van der Waals surface area contributed by atoms with Crippen molar-refractivity contribution >= 4 is 11.6 Å². The number of rotatable bonds is 15. The minimum Gasteiger partial charge on any atom is -0.491 e. The molecule has 0 spiro atoms. The minimum absolute atomic E-state index is 0.0618. The van der Waals surface area contributed by atoms with Gasteiger partial charge in [0.15, 0.2) is 11.6 Å². The zero-order valence-electron chi connectivity index (χ0n) is 33.3. The molecule has 2 heterocycles. The molecular weight excluding hydrogens is 683 g/mol. The number of hydrogen-bond donors (Lipinski definition) is 1. The van der Waals surface area contributed by atoms with Gasteiger partial charge < -0.3 is 33.5 Å². The predicted octanol–water partition coefficient (Wildman–Crippen LogP) is 8.17. The van der Waals surface area contributed by atoms with Crippen molar-refractivity contribution in [1.82, 2.24) is 0 Å². The third kappa shape index (κ3) is 7.65. The Morgan fingerprint density at radius 1 is 0.788 bits per heavy atom. The van der Waals surface area contributed by atoms with E-state index in [0.29, 0.717) is 21.7 Å². The van der Waals surface area contributed by atoms with Crippen molar-refractivity contribution in [2.75, 3.05) is 19.8 Å². The molecule has 1 unspecified atom stereocenters. The van der Waals surface area contributed by atoms with Crippen LogP contribution in [0.4, 0.5) is 4.39 Å². The molecule has 2 bridgehead atoms. The third-order valence-corrected chi connectivity index (χ3v) is 9.84. The summed E-state index contributed by atoms with van der Waals surface area (Å²) in [5, 5.41) is 11.5. The molecule has 5 aromatic carbocycles. The van der Waals surface area contributed by atoms with Crippen LogP contribution in [0.25, 0.3) is 0 Å². The number of fused-ring (bicyclic) bond motifs is 2. The van der Waals surface area contributed by atoms with Crippen molar-refractivity contribution in [3.8, 4) is 5.75 Å². The molecule has 2 aliphatic heterocycles. The highest BCUT2D eigenvalue weighted by Gasteiger charge is 2.69. The largest absolute Gasteiger partial charge is 0.491 e. The minimum atomic E-state index is -3.13. The van der Waals surface area contributed by atoms with E-state index in [1.54, 1.807) is 18.2 Å². The second kappa shape index (κ2) is 16.3. The van der Waals surface area contributed by atoms with Gasteiger partial charge in [0.25, 0.3) is 0 Å². The lowest BCUT2D eigenvalue weighted by molar-refractivity contribution is -0.353. The lowest BCUT2D eigenvalue weighted by Gasteiger charge is -2.50. The van der Waals surface area contributed by atoms with Gasteiger partial charge in [-0.15, -0.1) is 0 Å². The zero-order valence-corrected chi connectivity index (χ0v) is 29.0. The molecular formula is C43H42ClFO7. The number of aliphatic hydroxyl groups excluding tert-OH is 1. The Morgan fingerprint density at radius 3 is 2.00 bits per heavy atom. The molecule has 1 N–H and O–H groups in total. The fourth-order valence-corrected chi connectivity index (χ4v) is 7.06. The van der Waals surface area contributed by atoms with Gasteiger partial charge in [0.1, 0.15) is 23.9 Å². The first-order valence-corrected chi connectivity index (χ1v) is 17.4. The predicted molar refractivity (Wildman–Crippen MR) is 195 cm³/mol. The molecule has 0 aromatic heterocycles. The zero-order chi connectivity index (χ0) is 40.3. The van der Waals surface area contributed by atoms with E-state index in [9.17, 15) is 5.11 Å². The molecule has 7 rings (SSSR count). The second-order valence-electron chi connectivity index (χ2n) is 12.9. The lowest BCUT2D eigenvalue weighted by atomic mass is 9.83. The van der Waals surface area contributed by atoms with Crippen LogP contribution in [0.3, 0.4) is 0 Å². The molecule has 5 aromatic rings. The smallest absolute Gasteiger partial charge is 0.225 e. The van der Waals surface area contributed by atoms with Crippen molar-refractivity contribution in [2.45, 2.75) is 62.8 Å². The van der Waals surface area contributed by atoms with Crippen LogP contribution in [0.2, 0.25) is 5.02 Å². The van der Waals surface area contributed by atoms with E-state index in [0.717, 1.165) is 22.8 Å². The van der Waals surface area contributed by atoms with Gasteiger partial charge in [-0.3, -0.25) is 0 Å². The van der Waals surface area contributed by atoms with Gasteiger partial charge in [0.05, 0.1) is 42.3 Å². The fourth-order valence-electron chi connectivity index (χ4n) is 6.87. The summed E-state index contributed by atoms with van der Waals surface area (Å²) >= 11 is 6.77. The average Bonchev–Trinajstić information content (AvgIpc) is 3.56. The Bertz CT molecular complexity index is 2110. The molecule has 0 amide bonds. The Morgan fingerprint density at radius 2 is 1.40 bits per heavy atom. The number of halogens is 2. The fraction of sp³-hybridized carbons (Fsp3) is 0.302.